The first-order chi connectivity index (χ1) is 8.34. The summed E-state index contributed by atoms with van der Waals surface area (Å²) in [6.45, 7) is 3.10. The Bertz CT molecular complexity index is 441. The van der Waals surface area contributed by atoms with Crippen molar-refractivity contribution < 1.29 is 19.8 Å². The van der Waals surface area contributed by atoms with E-state index in [0.29, 0.717) is 5.69 Å². The first kappa shape index (κ1) is 14.0. The number of rotatable bonds is 4. The molecular weight excluding hydrogens is 234 g/mol. The van der Waals surface area contributed by atoms with Crippen molar-refractivity contribution in [3.8, 4) is 5.75 Å². The fraction of sp³-hybridized carbons (Fsp3) is 0.385. The summed E-state index contributed by atoms with van der Waals surface area (Å²) >= 11 is 0. The number of anilines is 1. The Morgan fingerprint density at radius 3 is 2.06 bits per heavy atom. The van der Waals surface area contributed by atoms with Crippen molar-refractivity contribution in [3.63, 3.8) is 0 Å². The molecule has 0 bridgehead atoms. The number of carboxylic acids is 1. The van der Waals surface area contributed by atoms with E-state index in [-0.39, 0.29) is 11.7 Å². The molecule has 2 unspecified atom stereocenters. The molecule has 2 atom stereocenters. The van der Waals surface area contributed by atoms with E-state index >= 15 is 0 Å². The molecule has 0 saturated carbocycles. The number of nitrogens with zero attached hydrogens (tertiary/aromatic N) is 1. The second-order valence-corrected chi connectivity index (χ2v) is 4.33. The number of carbonyl (C=O) groups is 2. The summed E-state index contributed by atoms with van der Waals surface area (Å²) in [4.78, 5) is 24.3. The van der Waals surface area contributed by atoms with Gasteiger partial charge in [-0.15, -0.1) is 0 Å². The average Bonchev–Trinajstić information content (AvgIpc) is 2.36. The van der Waals surface area contributed by atoms with Gasteiger partial charge in [0.25, 0.3) is 0 Å². The quantitative estimate of drug-likeness (QED) is 0.854. The van der Waals surface area contributed by atoms with Gasteiger partial charge in [-0.3, -0.25) is 9.59 Å². The Labute approximate surface area is 106 Å². The second-order valence-electron chi connectivity index (χ2n) is 4.33. The van der Waals surface area contributed by atoms with Crippen molar-refractivity contribution in [2.45, 2.75) is 13.8 Å². The van der Waals surface area contributed by atoms with Crippen LogP contribution in [0.4, 0.5) is 5.69 Å². The normalized spacial score (nSPS) is 13.7. The summed E-state index contributed by atoms with van der Waals surface area (Å²) in [6, 6.07) is 6.16. The van der Waals surface area contributed by atoms with Gasteiger partial charge in [-0.25, -0.2) is 0 Å². The molecule has 0 aliphatic rings. The fourth-order valence-corrected chi connectivity index (χ4v) is 1.54. The van der Waals surface area contributed by atoms with E-state index in [0.717, 1.165) is 0 Å². The molecule has 1 amide bonds. The van der Waals surface area contributed by atoms with Crippen LogP contribution < -0.4 is 4.90 Å². The number of hydrogen-bond acceptors (Lipinski definition) is 3. The molecule has 0 spiro atoms. The minimum absolute atomic E-state index is 0.117. The maximum atomic E-state index is 12.1. The fourth-order valence-electron chi connectivity index (χ4n) is 1.54. The monoisotopic (exact) mass is 251 g/mol. The summed E-state index contributed by atoms with van der Waals surface area (Å²) in [5, 5.41) is 18.1. The maximum Gasteiger partial charge on any atom is 0.307 e. The zero-order valence-electron chi connectivity index (χ0n) is 10.6. The van der Waals surface area contributed by atoms with Gasteiger partial charge in [0.05, 0.1) is 5.92 Å². The zero-order chi connectivity index (χ0) is 13.9. The highest BCUT2D eigenvalue weighted by Crippen LogP contribution is 2.21. The number of phenolic OH excluding ortho intramolecular Hbond substituents is 1. The molecule has 1 rings (SSSR count). The van der Waals surface area contributed by atoms with Crippen LogP contribution in [0.15, 0.2) is 24.3 Å². The van der Waals surface area contributed by atoms with E-state index in [2.05, 4.69) is 0 Å². The van der Waals surface area contributed by atoms with Gasteiger partial charge in [0.2, 0.25) is 5.91 Å². The summed E-state index contributed by atoms with van der Waals surface area (Å²) in [5.41, 5.74) is 0.613. The Morgan fingerprint density at radius 1 is 1.11 bits per heavy atom. The molecule has 5 nitrogen and oxygen atoms in total. The number of benzene rings is 1. The predicted molar refractivity (Wildman–Crippen MR) is 67.5 cm³/mol. The van der Waals surface area contributed by atoms with Gasteiger partial charge in [0.1, 0.15) is 5.75 Å². The zero-order valence-corrected chi connectivity index (χ0v) is 10.6. The third-order valence-electron chi connectivity index (χ3n) is 3.10. The lowest BCUT2D eigenvalue weighted by Gasteiger charge is -2.23. The van der Waals surface area contributed by atoms with Gasteiger partial charge in [-0.2, -0.15) is 0 Å². The minimum Gasteiger partial charge on any atom is -0.508 e. The third-order valence-corrected chi connectivity index (χ3v) is 3.10. The Hall–Kier alpha value is -2.04. The molecule has 2 N–H and O–H groups in total. The molecule has 0 aromatic heterocycles. The standard InChI is InChI=1S/C13H17NO4/c1-8(9(2)13(17)18)12(16)14(3)10-4-6-11(15)7-5-10/h4-9,15H,1-3H3,(H,17,18). The lowest BCUT2D eigenvalue weighted by atomic mass is 9.94. The Morgan fingerprint density at radius 2 is 1.61 bits per heavy atom. The number of carboxylic acid groups (broad SMARTS) is 1. The SMILES string of the molecule is CC(C(=O)O)C(C)C(=O)N(C)c1ccc(O)cc1. The van der Waals surface area contributed by atoms with Gasteiger partial charge in [-0.1, -0.05) is 13.8 Å². The highest BCUT2D eigenvalue weighted by atomic mass is 16.4. The molecule has 1 aromatic rings. The third kappa shape index (κ3) is 3.00. The van der Waals surface area contributed by atoms with E-state index in [4.69, 9.17) is 10.2 Å². The van der Waals surface area contributed by atoms with Crippen molar-refractivity contribution >= 4 is 17.6 Å². The van der Waals surface area contributed by atoms with E-state index < -0.39 is 17.8 Å². The van der Waals surface area contributed by atoms with Crippen LogP contribution in [0, 0.1) is 11.8 Å². The van der Waals surface area contributed by atoms with Crippen molar-refractivity contribution in [1.29, 1.82) is 0 Å². The molecule has 18 heavy (non-hydrogen) atoms. The van der Waals surface area contributed by atoms with E-state index in [1.54, 1.807) is 26.1 Å². The van der Waals surface area contributed by atoms with Gasteiger partial charge >= 0.3 is 5.97 Å². The van der Waals surface area contributed by atoms with Crippen molar-refractivity contribution in [2.75, 3.05) is 11.9 Å². The maximum absolute atomic E-state index is 12.1. The molecule has 0 aliphatic carbocycles. The van der Waals surface area contributed by atoms with Gasteiger partial charge in [0.15, 0.2) is 0 Å². The lowest BCUT2D eigenvalue weighted by Crippen LogP contribution is -2.36. The minimum atomic E-state index is -0.991. The summed E-state index contributed by atoms with van der Waals surface area (Å²) in [6.07, 6.45) is 0. The van der Waals surface area contributed by atoms with Crippen LogP contribution in [0.2, 0.25) is 0 Å². The topological polar surface area (TPSA) is 77.8 Å². The molecule has 98 valence electrons. The summed E-state index contributed by atoms with van der Waals surface area (Å²) < 4.78 is 0. The average molecular weight is 251 g/mol. The number of carbonyl (C=O) groups excluding carboxylic acids is 1. The molecule has 0 aliphatic heterocycles. The van der Waals surface area contributed by atoms with Crippen molar-refractivity contribution in [1.82, 2.24) is 0 Å². The molecule has 1 aromatic carbocycles. The molecular formula is C13H17NO4. The molecule has 0 fully saturated rings. The number of aromatic hydroxyl groups is 1. The highest BCUT2D eigenvalue weighted by molar-refractivity contribution is 5.96. The second kappa shape index (κ2) is 5.53. The van der Waals surface area contributed by atoms with E-state index in [1.807, 2.05) is 0 Å². The Balaban J connectivity index is 2.84. The van der Waals surface area contributed by atoms with Crippen LogP contribution >= 0.6 is 0 Å². The van der Waals surface area contributed by atoms with E-state index in [9.17, 15) is 9.59 Å². The molecule has 0 radical (unpaired) electrons. The Kier molecular flexibility index (Phi) is 4.31. The van der Waals surface area contributed by atoms with Crippen molar-refractivity contribution in [2.24, 2.45) is 11.8 Å². The first-order valence-corrected chi connectivity index (χ1v) is 5.64. The van der Waals surface area contributed by atoms with Crippen LogP contribution in [0.25, 0.3) is 0 Å². The highest BCUT2D eigenvalue weighted by Gasteiger charge is 2.28. The lowest BCUT2D eigenvalue weighted by molar-refractivity contribution is -0.145. The first-order valence-electron chi connectivity index (χ1n) is 5.64. The number of hydrogen-bond donors (Lipinski definition) is 2. The smallest absolute Gasteiger partial charge is 0.307 e. The van der Waals surface area contributed by atoms with Crippen LogP contribution in [0.5, 0.6) is 5.75 Å². The molecule has 0 saturated heterocycles. The van der Waals surface area contributed by atoms with Crippen LogP contribution in [0.1, 0.15) is 13.8 Å². The van der Waals surface area contributed by atoms with Crippen LogP contribution in [0.3, 0.4) is 0 Å². The molecule has 5 heteroatoms. The van der Waals surface area contributed by atoms with Gasteiger partial charge < -0.3 is 15.1 Å². The predicted octanol–water partition coefficient (Wildman–Crippen LogP) is 1.71. The summed E-state index contributed by atoms with van der Waals surface area (Å²) in [5.74, 6) is -2.49. The molecule has 0 heterocycles. The van der Waals surface area contributed by atoms with Crippen LogP contribution in [-0.4, -0.2) is 29.1 Å². The number of aliphatic carboxylic acids is 1. The summed E-state index contributed by atoms with van der Waals surface area (Å²) in [7, 11) is 1.58. The van der Waals surface area contributed by atoms with Crippen molar-refractivity contribution in [3.05, 3.63) is 24.3 Å². The number of phenols is 1. The number of amides is 1. The van der Waals surface area contributed by atoms with E-state index in [1.165, 1.54) is 24.0 Å². The van der Waals surface area contributed by atoms with Gasteiger partial charge in [0, 0.05) is 18.7 Å². The largest absolute Gasteiger partial charge is 0.508 e. The van der Waals surface area contributed by atoms with Crippen LogP contribution in [-0.2, 0) is 9.59 Å². The van der Waals surface area contributed by atoms with Gasteiger partial charge in [-0.05, 0) is 24.3 Å².